The van der Waals surface area contributed by atoms with Crippen LogP contribution in [0.5, 0.6) is 5.75 Å². The summed E-state index contributed by atoms with van der Waals surface area (Å²) >= 11 is 1.10. The highest BCUT2D eigenvalue weighted by atomic mass is 32.2. The lowest BCUT2D eigenvalue weighted by Crippen LogP contribution is -2.40. The summed E-state index contributed by atoms with van der Waals surface area (Å²) in [7, 11) is -1.94. The average Bonchev–Trinajstić information content (AvgIpc) is 3.17. The van der Waals surface area contributed by atoms with Gasteiger partial charge in [0.25, 0.3) is 10.0 Å². The van der Waals surface area contributed by atoms with Gasteiger partial charge in [0.15, 0.2) is 0 Å². The zero-order chi connectivity index (χ0) is 19.3. The molecule has 0 unspecified atom stereocenters. The molecule has 0 saturated carbocycles. The Hall–Kier alpha value is -1.94. The van der Waals surface area contributed by atoms with E-state index in [2.05, 4.69) is 0 Å². The highest BCUT2D eigenvalue weighted by Gasteiger charge is 2.28. The van der Waals surface area contributed by atoms with Crippen LogP contribution < -0.4 is 4.74 Å². The number of thiophene rings is 1. The number of ether oxygens (including phenoxy) is 3. The van der Waals surface area contributed by atoms with E-state index in [-0.39, 0.29) is 17.2 Å². The fraction of sp³-hybridized carbons (Fsp3) is 0.389. The van der Waals surface area contributed by atoms with Crippen molar-refractivity contribution < 1.29 is 27.4 Å². The lowest BCUT2D eigenvalue weighted by atomic mass is 10.2. The van der Waals surface area contributed by atoms with E-state index in [9.17, 15) is 13.2 Å². The van der Waals surface area contributed by atoms with Crippen molar-refractivity contribution in [3.05, 3.63) is 46.8 Å². The summed E-state index contributed by atoms with van der Waals surface area (Å²) in [6, 6.07) is 10.4. The topological polar surface area (TPSA) is 82.1 Å². The van der Waals surface area contributed by atoms with Crippen LogP contribution >= 0.6 is 11.3 Å². The van der Waals surface area contributed by atoms with Crippen molar-refractivity contribution >= 4 is 27.3 Å². The first kappa shape index (κ1) is 19.8. The molecule has 0 atom stereocenters. The van der Waals surface area contributed by atoms with Crippen molar-refractivity contribution in [2.75, 3.05) is 33.4 Å². The molecule has 0 amide bonds. The number of sulfonamides is 1. The highest BCUT2D eigenvalue weighted by molar-refractivity contribution is 7.91. The van der Waals surface area contributed by atoms with Gasteiger partial charge in [-0.1, -0.05) is 12.1 Å². The normalized spacial score (nSPS) is 15.4. The molecule has 2 heterocycles. The maximum absolute atomic E-state index is 12.6. The standard InChI is InChI=1S/C18H21NO6S2/c1-23-15-4-2-14(3-5-15)13-25-17(20)12-16-6-7-18(26-16)27(21,22)19-8-10-24-11-9-19/h2-7H,8-13H2,1H3. The summed E-state index contributed by atoms with van der Waals surface area (Å²) in [4.78, 5) is 12.7. The van der Waals surface area contributed by atoms with Gasteiger partial charge in [-0.15, -0.1) is 11.3 Å². The number of rotatable bonds is 7. The quantitative estimate of drug-likeness (QED) is 0.649. The van der Waals surface area contributed by atoms with E-state index in [4.69, 9.17) is 14.2 Å². The van der Waals surface area contributed by atoms with Gasteiger partial charge < -0.3 is 14.2 Å². The Morgan fingerprint density at radius 2 is 1.85 bits per heavy atom. The molecule has 1 aliphatic rings. The minimum Gasteiger partial charge on any atom is -0.497 e. The van der Waals surface area contributed by atoms with Crippen molar-refractivity contribution in [1.29, 1.82) is 0 Å². The van der Waals surface area contributed by atoms with Gasteiger partial charge in [-0.2, -0.15) is 4.31 Å². The van der Waals surface area contributed by atoms with Gasteiger partial charge >= 0.3 is 5.97 Å². The predicted molar refractivity (Wildman–Crippen MR) is 100 cm³/mol. The van der Waals surface area contributed by atoms with Gasteiger partial charge in [-0.25, -0.2) is 8.42 Å². The molecule has 1 aliphatic heterocycles. The molecule has 7 nitrogen and oxygen atoms in total. The van der Waals surface area contributed by atoms with E-state index < -0.39 is 16.0 Å². The average molecular weight is 412 g/mol. The lowest BCUT2D eigenvalue weighted by Gasteiger charge is -2.25. The monoisotopic (exact) mass is 411 g/mol. The Labute approximate surface area is 162 Å². The van der Waals surface area contributed by atoms with Crippen LogP contribution in [0.4, 0.5) is 0 Å². The van der Waals surface area contributed by atoms with Gasteiger partial charge in [0.05, 0.1) is 26.7 Å². The number of carbonyl (C=O) groups is 1. The first-order chi connectivity index (χ1) is 13.0. The Kier molecular flexibility index (Phi) is 6.48. The highest BCUT2D eigenvalue weighted by Crippen LogP contribution is 2.26. The summed E-state index contributed by atoms with van der Waals surface area (Å²) in [5, 5.41) is 0. The summed E-state index contributed by atoms with van der Waals surface area (Å²) in [6.45, 7) is 1.65. The fourth-order valence-corrected chi connectivity index (χ4v) is 5.49. The minimum absolute atomic E-state index is 0.0411. The maximum atomic E-state index is 12.6. The van der Waals surface area contributed by atoms with Gasteiger partial charge in [0.2, 0.25) is 0 Å². The lowest BCUT2D eigenvalue weighted by molar-refractivity contribution is -0.144. The molecule has 0 bridgehead atoms. The maximum Gasteiger partial charge on any atom is 0.311 e. The minimum atomic E-state index is -3.53. The fourth-order valence-electron chi connectivity index (χ4n) is 2.58. The van der Waals surface area contributed by atoms with E-state index in [1.165, 1.54) is 4.31 Å². The van der Waals surface area contributed by atoms with Crippen LogP contribution in [0.3, 0.4) is 0 Å². The number of benzene rings is 1. The molecule has 2 aromatic rings. The Morgan fingerprint density at radius 1 is 1.15 bits per heavy atom. The largest absolute Gasteiger partial charge is 0.497 e. The third-order valence-electron chi connectivity index (χ3n) is 4.08. The van der Waals surface area contributed by atoms with E-state index >= 15 is 0 Å². The SMILES string of the molecule is COc1ccc(COC(=O)Cc2ccc(S(=O)(=O)N3CCOCC3)s2)cc1. The number of hydrogen-bond donors (Lipinski definition) is 0. The molecule has 1 aromatic heterocycles. The van der Waals surface area contributed by atoms with Crippen LogP contribution in [0.25, 0.3) is 0 Å². The summed E-state index contributed by atoms with van der Waals surface area (Å²) in [5.41, 5.74) is 0.853. The third kappa shape index (κ3) is 5.07. The zero-order valence-electron chi connectivity index (χ0n) is 14.9. The molecule has 0 spiro atoms. The van der Waals surface area contributed by atoms with Gasteiger partial charge in [0.1, 0.15) is 16.6 Å². The second-order valence-electron chi connectivity index (χ2n) is 5.92. The molecule has 1 saturated heterocycles. The van der Waals surface area contributed by atoms with E-state index in [0.29, 0.717) is 31.2 Å². The molecular formula is C18H21NO6S2. The van der Waals surface area contributed by atoms with Crippen LogP contribution in [0.2, 0.25) is 0 Å². The van der Waals surface area contributed by atoms with Crippen LogP contribution in [0.15, 0.2) is 40.6 Å². The van der Waals surface area contributed by atoms with E-state index in [0.717, 1.165) is 22.6 Å². The van der Waals surface area contributed by atoms with Gasteiger partial charge in [0, 0.05) is 18.0 Å². The van der Waals surface area contributed by atoms with Crippen LogP contribution in [-0.2, 0) is 37.3 Å². The smallest absolute Gasteiger partial charge is 0.311 e. The summed E-state index contributed by atoms with van der Waals surface area (Å²) < 4.78 is 42.4. The third-order valence-corrected chi connectivity index (χ3v) is 7.53. The Morgan fingerprint density at radius 3 is 2.52 bits per heavy atom. The number of methoxy groups -OCH3 is 1. The second kappa shape index (κ2) is 8.83. The Bertz CT molecular complexity index is 870. The molecule has 27 heavy (non-hydrogen) atoms. The van der Waals surface area contributed by atoms with Crippen molar-refractivity contribution in [3.8, 4) is 5.75 Å². The van der Waals surface area contributed by atoms with E-state index in [1.807, 2.05) is 12.1 Å². The molecule has 0 N–H and O–H groups in total. The van der Waals surface area contributed by atoms with Gasteiger partial charge in [-0.05, 0) is 29.8 Å². The molecule has 0 aliphatic carbocycles. The molecule has 1 aromatic carbocycles. The van der Waals surface area contributed by atoms with Gasteiger partial charge in [-0.3, -0.25) is 4.79 Å². The first-order valence-electron chi connectivity index (χ1n) is 8.44. The van der Waals surface area contributed by atoms with Crippen LogP contribution in [0, 0.1) is 0 Å². The van der Waals surface area contributed by atoms with E-state index in [1.54, 1.807) is 31.4 Å². The number of hydrogen-bond acceptors (Lipinski definition) is 7. The molecule has 146 valence electrons. The second-order valence-corrected chi connectivity index (χ2v) is 9.26. The van der Waals surface area contributed by atoms with Crippen molar-refractivity contribution in [3.63, 3.8) is 0 Å². The first-order valence-corrected chi connectivity index (χ1v) is 10.7. The molecule has 0 radical (unpaired) electrons. The van der Waals surface area contributed by atoms with Crippen molar-refractivity contribution in [2.45, 2.75) is 17.2 Å². The molecule has 9 heteroatoms. The number of esters is 1. The number of morpholine rings is 1. The van der Waals surface area contributed by atoms with Crippen molar-refractivity contribution in [2.24, 2.45) is 0 Å². The number of carbonyl (C=O) groups excluding carboxylic acids is 1. The van der Waals surface area contributed by atoms with Crippen LogP contribution in [-0.4, -0.2) is 52.1 Å². The molecular weight excluding hydrogens is 390 g/mol. The van der Waals surface area contributed by atoms with Crippen molar-refractivity contribution in [1.82, 2.24) is 4.31 Å². The predicted octanol–water partition coefficient (Wildman–Crippen LogP) is 2.06. The molecule has 3 rings (SSSR count). The zero-order valence-corrected chi connectivity index (χ0v) is 16.6. The molecule has 1 fully saturated rings. The Balaban J connectivity index is 1.55. The summed E-state index contributed by atoms with van der Waals surface area (Å²) in [6.07, 6.45) is 0.0411. The summed E-state index contributed by atoms with van der Waals surface area (Å²) in [5.74, 6) is 0.334. The van der Waals surface area contributed by atoms with Crippen LogP contribution in [0.1, 0.15) is 10.4 Å². The number of nitrogens with zero attached hydrogens (tertiary/aromatic N) is 1.